The fraction of sp³-hybridized carbons (Fsp3) is 0.480. The van der Waals surface area contributed by atoms with Crippen LogP contribution in [0.3, 0.4) is 0 Å². The van der Waals surface area contributed by atoms with Crippen LogP contribution in [0.1, 0.15) is 43.7 Å². The highest BCUT2D eigenvalue weighted by Gasteiger charge is 2.41. The molecule has 2 aromatic rings. The molecule has 1 saturated carbocycles. The third-order valence-corrected chi connectivity index (χ3v) is 6.82. The summed E-state index contributed by atoms with van der Waals surface area (Å²) < 4.78 is 41.9. The molecule has 4 rings (SSSR count). The first-order chi connectivity index (χ1) is 16.1. The number of rotatable bonds is 7. The van der Waals surface area contributed by atoms with Gasteiger partial charge in [0.15, 0.2) is 5.96 Å². The molecule has 1 aliphatic carbocycles. The Bertz CT molecular complexity index is 1030. The molecular weight excluding hydrogens is 514 g/mol. The minimum Gasteiger partial charge on any atom is -0.406 e. The molecule has 6 nitrogen and oxygen atoms in total. The minimum atomic E-state index is -4.69. The number of nitrogens with one attached hydrogen (secondary N) is 1. The number of nitrogens with two attached hydrogens (primary N) is 2. The topological polar surface area (TPSA) is 88.9 Å². The van der Waals surface area contributed by atoms with Crippen LogP contribution < -0.4 is 21.5 Å². The lowest BCUT2D eigenvalue weighted by molar-refractivity contribution is -0.274. The monoisotopic (exact) mass is 547 g/mol. The van der Waals surface area contributed by atoms with E-state index in [1.807, 2.05) is 31.2 Å². The van der Waals surface area contributed by atoms with Gasteiger partial charge < -0.3 is 26.4 Å². The van der Waals surface area contributed by atoms with E-state index < -0.39 is 12.0 Å². The Morgan fingerprint density at radius 2 is 1.69 bits per heavy atom. The van der Waals surface area contributed by atoms with Crippen LogP contribution in [0.5, 0.6) is 5.75 Å². The molecule has 1 atom stereocenters. The number of benzene rings is 2. The maximum Gasteiger partial charge on any atom is 0.573 e. The molecule has 0 aromatic heterocycles. The van der Waals surface area contributed by atoms with Crippen LogP contribution in [0, 0.1) is 5.92 Å². The van der Waals surface area contributed by atoms with Gasteiger partial charge in [0.1, 0.15) is 11.4 Å². The fourth-order valence-corrected chi connectivity index (χ4v) is 5.18. The molecule has 0 bridgehead atoms. The number of hydrogen-bond donors (Lipinski definition) is 3. The van der Waals surface area contributed by atoms with Crippen molar-refractivity contribution in [2.45, 2.75) is 57.1 Å². The zero-order valence-electron chi connectivity index (χ0n) is 20.1. The van der Waals surface area contributed by atoms with E-state index in [0.29, 0.717) is 30.4 Å². The average Bonchev–Trinajstić information content (AvgIpc) is 2.77. The van der Waals surface area contributed by atoms with Crippen molar-refractivity contribution in [1.29, 1.82) is 0 Å². The van der Waals surface area contributed by atoms with E-state index in [4.69, 9.17) is 11.5 Å². The van der Waals surface area contributed by atoms with E-state index in [0.717, 1.165) is 43.5 Å². The molecule has 0 amide bonds. The predicted octanol–water partition coefficient (Wildman–Crippen LogP) is 5.21. The van der Waals surface area contributed by atoms with Crippen molar-refractivity contribution < 1.29 is 17.9 Å². The van der Waals surface area contributed by atoms with E-state index in [2.05, 4.69) is 19.9 Å². The van der Waals surface area contributed by atoms with Gasteiger partial charge in [-0.05, 0) is 75.7 Å². The molecule has 0 spiro atoms. The molecule has 1 unspecified atom stereocenters. The number of halogens is 5. The first kappa shape index (κ1) is 30.0. The Morgan fingerprint density at radius 3 is 2.39 bits per heavy atom. The van der Waals surface area contributed by atoms with Crippen LogP contribution in [0.25, 0.3) is 0 Å². The molecule has 2 aliphatic rings. The zero-order chi connectivity index (χ0) is 24.3. The normalized spacial score (nSPS) is 23.6. The Hall–Kier alpha value is -2.20. The van der Waals surface area contributed by atoms with Crippen LogP contribution >= 0.6 is 24.8 Å². The van der Waals surface area contributed by atoms with Crippen molar-refractivity contribution >= 4 is 36.5 Å². The summed E-state index contributed by atoms with van der Waals surface area (Å²) in [5.41, 5.74) is 14.7. The van der Waals surface area contributed by atoms with Crippen LogP contribution in [0.4, 0.5) is 18.9 Å². The van der Waals surface area contributed by atoms with Crippen molar-refractivity contribution in [3.05, 3.63) is 59.7 Å². The second kappa shape index (κ2) is 12.4. The maximum atomic E-state index is 12.6. The molecule has 11 heteroatoms. The van der Waals surface area contributed by atoms with Gasteiger partial charge in [0, 0.05) is 11.6 Å². The summed E-state index contributed by atoms with van der Waals surface area (Å²) in [6, 6.07) is 14.3. The van der Waals surface area contributed by atoms with E-state index in [1.165, 1.54) is 6.07 Å². The number of guanidine groups is 1. The lowest BCUT2D eigenvalue weighted by Gasteiger charge is -2.48. The summed E-state index contributed by atoms with van der Waals surface area (Å²) in [4.78, 5) is 6.65. The number of para-hydroxylation sites is 2. The first-order valence-electron chi connectivity index (χ1n) is 11.7. The quantitative estimate of drug-likeness (QED) is 0.414. The summed E-state index contributed by atoms with van der Waals surface area (Å²) in [6.45, 7) is 3.39. The Kier molecular flexibility index (Phi) is 10.3. The van der Waals surface area contributed by atoms with Crippen LogP contribution in [0.15, 0.2) is 53.5 Å². The van der Waals surface area contributed by atoms with Crippen molar-refractivity contribution in [3.63, 3.8) is 0 Å². The van der Waals surface area contributed by atoms with Gasteiger partial charge in [-0.25, -0.2) is 4.99 Å². The van der Waals surface area contributed by atoms with E-state index in [-0.39, 0.29) is 36.6 Å². The minimum absolute atomic E-state index is 0. The van der Waals surface area contributed by atoms with Crippen molar-refractivity contribution in [2.75, 3.05) is 13.1 Å². The molecule has 0 saturated heterocycles. The number of hydrogen-bond acceptors (Lipinski definition) is 6. The maximum absolute atomic E-state index is 12.6. The van der Waals surface area contributed by atoms with Crippen LogP contribution in [-0.4, -0.2) is 36.4 Å². The van der Waals surface area contributed by atoms with E-state index in [9.17, 15) is 13.2 Å². The molecule has 1 aliphatic heterocycles. The molecule has 1 fully saturated rings. The Balaban J connectivity index is 0.00000228. The highest BCUT2D eigenvalue weighted by atomic mass is 35.5. The van der Waals surface area contributed by atoms with Gasteiger partial charge in [-0.2, -0.15) is 0 Å². The third-order valence-electron chi connectivity index (χ3n) is 6.82. The highest BCUT2D eigenvalue weighted by molar-refractivity contribution is 5.86. The molecule has 5 N–H and O–H groups in total. The number of ether oxygens (including phenoxy) is 1. The number of alkyl halides is 3. The zero-order valence-corrected chi connectivity index (χ0v) is 21.8. The van der Waals surface area contributed by atoms with Gasteiger partial charge in [0.05, 0.1) is 5.69 Å². The van der Waals surface area contributed by atoms with E-state index >= 15 is 0 Å². The lowest BCUT2D eigenvalue weighted by atomic mass is 9.83. The molecule has 200 valence electrons. The van der Waals surface area contributed by atoms with Crippen LogP contribution in [-0.2, 0) is 12.1 Å². The summed E-state index contributed by atoms with van der Waals surface area (Å²) in [5, 5.41) is 3.40. The summed E-state index contributed by atoms with van der Waals surface area (Å²) in [7, 11) is 0. The van der Waals surface area contributed by atoms with Gasteiger partial charge >= 0.3 is 6.36 Å². The Morgan fingerprint density at radius 1 is 1.06 bits per heavy atom. The van der Waals surface area contributed by atoms with Gasteiger partial charge in [-0.3, -0.25) is 0 Å². The first-order valence-corrected chi connectivity index (χ1v) is 11.7. The number of nitrogens with zero attached hydrogens (tertiary/aromatic N) is 2. The Labute approximate surface area is 222 Å². The van der Waals surface area contributed by atoms with Crippen molar-refractivity contribution in [2.24, 2.45) is 22.4 Å². The molecular formula is C25H34Cl2F3N5O. The van der Waals surface area contributed by atoms with Gasteiger partial charge in [0.25, 0.3) is 0 Å². The van der Waals surface area contributed by atoms with Crippen molar-refractivity contribution in [1.82, 2.24) is 10.2 Å². The molecule has 2 aromatic carbocycles. The molecule has 36 heavy (non-hydrogen) atoms. The largest absolute Gasteiger partial charge is 0.573 e. The molecule has 1 heterocycles. The van der Waals surface area contributed by atoms with E-state index in [1.54, 1.807) is 18.2 Å². The number of fused-ring (bicyclic) bond motifs is 1. The van der Waals surface area contributed by atoms with Gasteiger partial charge in [-0.15, -0.1) is 38.0 Å². The average molecular weight is 548 g/mol. The van der Waals surface area contributed by atoms with Crippen molar-refractivity contribution in [3.8, 4) is 5.75 Å². The smallest absolute Gasteiger partial charge is 0.406 e. The summed E-state index contributed by atoms with van der Waals surface area (Å²) in [5.74, 6) is 0.826. The summed E-state index contributed by atoms with van der Waals surface area (Å²) in [6.07, 6.45) is -0.265. The van der Waals surface area contributed by atoms with Gasteiger partial charge in [0.2, 0.25) is 0 Å². The number of aliphatic imine (C=N–C) groups is 1. The second-order valence-corrected chi connectivity index (χ2v) is 9.29. The fourth-order valence-electron chi connectivity index (χ4n) is 5.18. The SMILES string of the molecule is CC1(N)c2ccccc2N=C(N)N1C1CCC(CNCCc2ccccc2OC(F)(F)F)CC1.Cl.Cl. The lowest BCUT2D eigenvalue weighted by Crippen LogP contribution is -2.62. The molecule has 0 radical (unpaired) electrons. The summed E-state index contributed by atoms with van der Waals surface area (Å²) >= 11 is 0. The third kappa shape index (κ3) is 6.97. The standard InChI is InChI=1S/C25H32F3N5O.2ClH/c1-24(30)20-7-3-4-8-21(20)32-23(29)33(24)19-12-10-17(11-13-19)16-31-15-14-18-6-2-5-9-22(18)34-25(26,27)28;;/h2-9,17,19,31H,10-16,30H2,1H3,(H2,29,32);2*1H. The highest BCUT2D eigenvalue weighted by Crippen LogP contribution is 2.39. The van der Waals surface area contributed by atoms with Gasteiger partial charge in [-0.1, -0.05) is 36.4 Å². The second-order valence-electron chi connectivity index (χ2n) is 9.29. The predicted molar refractivity (Wildman–Crippen MR) is 141 cm³/mol. The van der Waals surface area contributed by atoms with Crippen LogP contribution in [0.2, 0.25) is 0 Å².